The molecule has 5 rings (SSSR count). The molecule has 0 radical (unpaired) electrons. The highest BCUT2D eigenvalue weighted by Gasteiger charge is 2.47. The van der Waals surface area contributed by atoms with Gasteiger partial charge in [0.2, 0.25) is 0 Å². The largest absolute Gasteiger partial charge is 0.507 e. The zero-order chi connectivity index (χ0) is 25.2. The molecule has 9 heteroatoms. The molecule has 0 amide bonds. The minimum absolute atomic E-state index is 0.0311. The third kappa shape index (κ3) is 3.58. The van der Waals surface area contributed by atoms with Gasteiger partial charge in [0.05, 0.1) is 35.0 Å². The van der Waals surface area contributed by atoms with E-state index in [1.807, 2.05) is 0 Å². The predicted molar refractivity (Wildman–Crippen MR) is 122 cm³/mol. The van der Waals surface area contributed by atoms with Gasteiger partial charge >= 0.3 is 0 Å². The second kappa shape index (κ2) is 8.23. The number of benzene rings is 2. The fourth-order valence-corrected chi connectivity index (χ4v) is 5.34. The lowest BCUT2D eigenvalue weighted by molar-refractivity contribution is -0.239. The van der Waals surface area contributed by atoms with Gasteiger partial charge in [0.15, 0.2) is 17.9 Å². The van der Waals surface area contributed by atoms with E-state index in [9.17, 15) is 29.7 Å². The fraction of sp³-hybridized carbons (Fsp3) is 0.423. The van der Waals surface area contributed by atoms with Gasteiger partial charge in [-0.3, -0.25) is 14.4 Å². The molecule has 2 aromatic rings. The number of carbonyl (C=O) groups is 3. The normalized spacial score (nSPS) is 29.8. The van der Waals surface area contributed by atoms with Crippen LogP contribution in [-0.2, 0) is 20.7 Å². The number of hydrogen-bond donors (Lipinski definition) is 4. The number of ketones is 3. The number of fused-ring (bicyclic) bond motifs is 3. The van der Waals surface area contributed by atoms with Gasteiger partial charge in [-0.25, -0.2) is 0 Å². The average Bonchev–Trinajstić information content (AvgIpc) is 2.82. The van der Waals surface area contributed by atoms with E-state index in [4.69, 9.17) is 15.2 Å². The lowest BCUT2D eigenvalue weighted by Gasteiger charge is -2.41. The van der Waals surface area contributed by atoms with Crippen LogP contribution in [0, 0.1) is 0 Å². The van der Waals surface area contributed by atoms with Crippen molar-refractivity contribution < 1.29 is 39.2 Å². The molecule has 2 aliphatic carbocycles. The molecule has 3 aliphatic rings. The summed E-state index contributed by atoms with van der Waals surface area (Å²) in [6.07, 6.45) is -2.30. The van der Waals surface area contributed by atoms with Crippen molar-refractivity contribution in [3.05, 3.63) is 57.6 Å². The van der Waals surface area contributed by atoms with E-state index in [0.29, 0.717) is 12.8 Å². The fourth-order valence-electron chi connectivity index (χ4n) is 5.34. The summed E-state index contributed by atoms with van der Waals surface area (Å²) in [7, 11) is 0. The van der Waals surface area contributed by atoms with Crippen LogP contribution in [-0.4, -0.2) is 56.7 Å². The molecule has 1 heterocycles. The van der Waals surface area contributed by atoms with Gasteiger partial charge in [0, 0.05) is 41.5 Å². The van der Waals surface area contributed by atoms with Crippen LogP contribution in [0.25, 0.3) is 0 Å². The number of aliphatic hydroxyl groups is 1. The van der Waals surface area contributed by atoms with Crippen molar-refractivity contribution in [3.63, 3.8) is 0 Å². The number of rotatable bonds is 3. The summed E-state index contributed by atoms with van der Waals surface area (Å²) in [6, 6.07) is 6.20. The third-order valence-corrected chi connectivity index (χ3v) is 7.45. The molecule has 35 heavy (non-hydrogen) atoms. The van der Waals surface area contributed by atoms with E-state index in [1.54, 1.807) is 19.1 Å². The molecular weight excluding hydrogens is 454 g/mol. The molecule has 1 saturated heterocycles. The number of nitrogens with two attached hydrogens (primary N) is 1. The number of phenols is 2. The van der Waals surface area contributed by atoms with Crippen LogP contribution in [0.3, 0.4) is 0 Å². The lowest BCUT2D eigenvalue weighted by atomic mass is 9.71. The standard InChI is InChI=1S/C26H27NO8/c1-11-16(29)7-8-18(34-11)35-17-10-26(27,12(2)28)9-15-19(17)25(33)21-20(24(15)32)22(30)13-5-3-4-6-14(13)23(21)31/h3-6,11,16-18,29,32-33H,7-10,27H2,1-2H3/t11-,16+,17-,18-,26-/m0/s1. The van der Waals surface area contributed by atoms with Gasteiger partial charge in [-0.1, -0.05) is 24.3 Å². The van der Waals surface area contributed by atoms with E-state index >= 15 is 0 Å². The maximum Gasteiger partial charge on any atom is 0.198 e. The highest BCUT2D eigenvalue weighted by atomic mass is 16.7. The zero-order valence-corrected chi connectivity index (χ0v) is 19.4. The molecule has 5 atom stereocenters. The van der Waals surface area contributed by atoms with Crippen molar-refractivity contribution >= 4 is 17.3 Å². The Morgan fingerprint density at radius 2 is 1.69 bits per heavy atom. The lowest BCUT2D eigenvalue weighted by Crippen LogP contribution is -2.53. The van der Waals surface area contributed by atoms with Crippen molar-refractivity contribution in [1.82, 2.24) is 0 Å². The number of aromatic hydroxyl groups is 2. The number of Topliss-reactive ketones (excluding diaryl/α,β-unsaturated/α-hetero) is 1. The van der Waals surface area contributed by atoms with E-state index in [-0.39, 0.29) is 52.0 Å². The molecule has 9 nitrogen and oxygen atoms in total. The topological polar surface area (TPSA) is 156 Å². The number of hydrogen-bond acceptors (Lipinski definition) is 9. The molecule has 1 aliphatic heterocycles. The molecule has 0 saturated carbocycles. The Morgan fingerprint density at radius 1 is 1.09 bits per heavy atom. The summed E-state index contributed by atoms with van der Waals surface area (Å²) >= 11 is 0. The van der Waals surface area contributed by atoms with Gasteiger partial charge in [-0.05, 0) is 20.3 Å². The molecule has 0 spiro atoms. The molecule has 0 unspecified atom stereocenters. The molecule has 0 bridgehead atoms. The second-order valence-electron chi connectivity index (χ2n) is 9.68. The minimum atomic E-state index is -1.44. The summed E-state index contributed by atoms with van der Waals surface area (Å²) in [5.74, 6) is -2.50. The molecule has 0 aromatic heterocycles. The number of phenolic OH excluding ortho intramolecular Hbond substituents is 2. The first kappa shape index (κ1) is 23.6. The van der Waals surface area contributed by atoms with Crippen LogP contribution < -0.4 is 5.73 Å². The molecule has 1 fully saturated rings. The predicted octanol–water partition coefficient (Wildman–Crippen LogP) is 2.05. The third-order valence-electron chi connectivity index (χ3n) is 7.45. The van der Waals surface area contributed by atoms with Crippen molar-refractivity contribution in [3.8, 4) is 11.5 Å². The van der Waals surface area contributed by atoms with Crippen LogP contribution >= 0.6 is 0 Å². The van der Waals surface area contributed by atoms with Crippen molar-refractivity contribution in [2.75, 3.05) is 0 Å². The monoisotopic (exact) mass is 481 g/mol. The number of ether oxygens (including phenoxy) is 2. The summed E-state index contributed by atoms with van der Waals surface area (Å²) in [6.45, 7) is 3.04. The van der Waals surface area contributed by atoms with Gasteiger partial charge in [0.1, 0.15) is 17.3 Å². The first-order valence-corrected chi connectivity index (χ1v) is 11.6. The van der Waals surface area contributed by atoms with Crippen LogP contribution in [0.4, 0.5) is 0 Å². The van der Waals surface area contributed by atoms with Gasteiger partial charge in [-0.2, -0.15) is 0 Å². The Balaban J connectivity index is 1.67. The molecule has 2 aromatic carbocycles. The van der Waals surface area contributed by atoms with Crippen molar-refractivity contribution in [2.45, 2.75) is 69.7 Å². The Morgan fingerprint density at radius 3 is 2.26 bits per heavy atom. The zero-order valence-electron chi connectivity index (χ0n) is 19.4. The Kier molecular flexibility index (Phi) is 5.56. The highest BCUT2D eigenvalue weighted by molar-refractivity contribution is 6.30. The van der Waals surface area contributed by atoms with Crippen LogP contribution in [0.1, 0.15) is 82.2 Å². The smallest absolute Gasteiger partial charge is 0.198 e. The van der Waals surface area contributed by atoms with Crippen LogP contribution in [0.15, 0.2) is 24.3 Å². The van der Waals surface area contributed by atoms with Crippen LogP contribution in [0.2, 0.25) is 0 Å². The van der Waals surface area contributed by atoms with E-state index in [2.05, 4.69) is 0 Å². The van der Waals surface area contributed by atoms with Gasteiger partial charge in [-0.15, -0.1) is 0 Å². The Labute approximate surface area is 201 Å². The maximum absolute atomic E-state index is 13.3. The van der Waals surface area contributed by atoms with Gasteiger partial charge < -0.3 is 30.5 Å². The van der Waals surface area contributed by atoms with Crippen LogP contribution in [0.5, 0.6) is 11.5 Å². The Hall–Kier alpha value is -3.11. The Bertz CT molecular complexity index is 1270. The minimum Gasteiger partial charge on any atom is -0.507 e. The second-order valence-corrected chi connectivity index (χ2v) is 9.68. The van der Waals surface area contributed by atoms with Crippen molar-refractivity contribution in [2.24, 2.45) is 5.73 Å². The molecule has 184 valence electrons. The number of carbonyl (C=O) groups excluding carboxylic acids is 3. The van der Waals surface area contributed by atoms with E-state index < -0.39 is 53.2 Å². The summed E-state index contributed by atoms with van der Waals surface area (Å²) in [4.78, 5) is 39.1. The highest BCUT2D eigenvalue weighted by Crippen LogP contribution is 2.51. The molecule has 5 N–H and O–H groups in total. The van der Waals surface area contributed by atoms with Crippen molar-refractivity contribution in [1.29, 1.82) is 0 Å². The summed E-state index contributed by atoms with van der Waals surface area (Å²) < 4.78 is 11.9. The number of aliphatic hydroxyl groups excluding tert-OH is 1. The first-order chi connectivity index (χ1) is 16.5. The van der Waals surface area contributed by atoms with E-state index in [0.717, 1.165) is 0 Å². The summed E-state index contributed by atoms with van der Waals surface area (Å²) in [5, 5.41) is 32.6. The quantitative estimate of drug-likeness (QED) is 0.411. The molecular formula is C26H27NO8. The average molecular weight is 482 g/mol. The van der Waals surface area contributed by atoms with Gasteiger partial charge in [0.25, 0.3) is 0 Å². The maximum atomic E-state index is 13.3. The SMILES string of the molecule is CC(=O)[C@]1(N)Cc2c(O)c3c(c(O)c2[C@@H](O[C@H]2CC[C@@H](O)[C@H](C)O2)C1)C(=O)c1ccccc1C3=O. The van der Waals surface area contributed by atoms with E-state index in [1.165, 1.54) is 19.1 Å². The first-order valence-electron chi connectivity index (χ1n) is 11.6. The summed E-state index contributed by atoms with van der Waals surface area (Å²) in [5.41, 5.74) is 4.87.